The lowest BCUT2D eigenvalue weighted by atomic mass is 10.1. The van der Waals surface area contributed by atoms with E-state index in [1.807, 2.05) is 56.7 Å². The topological polar surface area (TPSA) is 63.2 Å². The van der Waals surface area contributed by atoms with Crippen LogP contribution in [0.4, 0.5) is 4.79 Å². The number of hydrazine groups is 1. The molecule has 0 aliphatic carbocycles. The molecule has 1 aromatic carbocycles. The van der Waals surface area contributed by atoms with E-state index in [-0.39, 0.29) is 0 Å². The van der Waals surface area contributed by atoms with E-state index in [0.29, 0.717) is 6.54 Å². The lowest BCUT2D eigenvalue weighted by molar-refractivity contribution is 0.0497. The van der Waals surface area contributed by atoms with Crippen LogP contribution in [0.3, 0.4) is 0 Å². The molecule has 2 aromatic rings. The summed E-state index contributed by atoms with van der Waals surface area (Å²) in [5, 5.41) is 0. The van der Waals surface area contributed by atoms with Crippen molar-refractivity contribution in [1.29, 1.82) is 0 Å². The van der Waals surface area contributed by atoms with Crippen molar-refractivity contribution in [3.8, 4) is 10.4 Å². The van der Waals surface area contributed by atoms with E-state index in [1.165, 1.54) is 0 Å². The summed E-state index contributed by atoms with van der Waals surface area (Å²) in [6.45, 7) is 6.00. The third-order valence-corrected chi connectivity index (χ3v) is 3.37. The van der Waals surface area contributed by atoms with Gasteiger partial charge in [-0.15, -0.1) is 11.3 Å². The maximum Gasteiger partial charge on any atom is 0.422 e. The molecule has 0 radical (unpaired) electrons. The monoisotopic (exact) mass is 305 g/mol. The molecule has 1 aromatic heterocycles. The Morgan fingerprint density at radius 1 is 1.29 bits per heavy atom. The lowest BCUT2D eigenvalue weighted by Crippen LogP contribution is -2.40. The molecule has 2 N–H and O–H groups in total. The van der Waals surface area contributed by atoms with E-state index >= 15 is 0 Å². The first-order valence-electron chi connectivity index (χ1n) is 6.64. The summed E-state index contributed by atoms with van der Waals surface area (Å²) >= 11 is 1.61. The summed E-state index contributed by atoms with van der Waals surface area (Å²) in [4.78, 5) is 16.7. The number of amides is 1. The number of benzene rings is 1. The molecule has 2 rings (SSSR count). The molecule has 0 bridgehead atoms. The van der Waals surface area contributed by atoms with Gasteiger partial charge in [0.15, 0.2) is 0 Å². The lowest BCUT2D eigenvalue weighted by Gasteiger charge is -2.19. The summed E-state index contributed by atoms with van der Waals surface area (Å²) in [5.74, 6) is 0. The molecule has 0 saturated carbocycles. The molecule has 112 valence electrons. The largest absolute Gasteiger partial charge is 0.443 e. The summed E-state index contributed by atoms with van der Waals surface area (Å²) in [7, 11) is 0. The Hall–Kier alpha value is -1.92. The molecule has 6 heteroatoms. The van der Waals surface area contributed by atoms with Gasteiger partial charge in [-0.3, -0.25) is 10.4 Å². The Kier molecular flexibility index (Phi) is 4.93. The third kappa shape index (κ3) is 5.17. The number of thiazole rings is 1. The SMILES string of the molecule is CC(C)(C)OC(=O)NNCc1ccc(-c2cncs2)cc1. The van der Waals surface area contributed by atoms with E-state index in [2.05, 4.69) is 15.8 Å². The molecule has 0 aliphatic rings. The van der Waals surface area contributed by atoms with Crippen molar-refractivity contribution >= 4 is 17.4 Å². The quantitative estimate of drug-likeness (QED) is 0.850. The first kappa shape index (κ1) is 15.5. The van der Waals surface area contributed by atoms with E-state index in [9.17, 15) is 4.79 Å². The van der Waals surface area contributed by atoms with Crippen LogP contribution in [-0.2, 0) is 11.3 Å². The number of nitrogens with zero attached hydrogens (tertiary/aromatic N) is 1. The van der Waals surface area contributed by atoms with Gasteiger partial charge in [0.2, 0.25) is 0 Å². The fourth-order valence-electron chi connectivity index (χ4n) is 1.67. The van der Waals surface area contributed by atoms with Crippen molar-refractivity contribution < 1.29 is 9.53 Å². The van der Waals surface area contributed by atoms with Crippen LogP contribution in [0.15, 0.2) is 36.0 Å². The molecule has 0 aliphatic heterocycles. The number of hydrogen-bond donors (Lipinski definition) is 2. The highest BCUT2D eigenvalue weighted by Gasteiger charge is 2.15. The number of rotatable bonds is 4. The second-order valence-corrected chi connectivity index (χ2v) is 6.43. The summed E-state index contributed by atoms with van der Waals surface area (Å²) in [6.07, 6.45) is 1.37. The van der Waals surface area contributed by atoms with Crippen LogP contribution >= 0.6 is 11.3 Å². The maximum absolute atomic E-state index is 11.5. The van der Waals surface area contributed by atoms with Crippen LogP contribution in [0.1, 0.15) is 26.3 Å². The standard InChI is InChI=1S/C15H19N3O2S/c1-15(2,3)20-14(19)18-17-8-11-4-6-12(7-5-11)13-9-16-10-21-13/h4-7,9-10,17H,8H2,1-3H3,(H,18,19). The molecule has 5 nitrogen and oxygen atoms in total. The van der Waals surface area contributed by atoms with Gasteiger partial charge in [-0.1, -0.05) is 24.3 Å². The molecule has 0 fully saturated rings. The zero-order chi connectivity index (χ0) is 15.3. The fraction of sp³-hybridized carbons (Fsp3) is 0.333. The highest BCUT2D eigenvalue weighted by Crippen LogP contribution is 2.23. The summed E-state index contributed by atoms with van der Waals surface area (Å²) in [6, 6.07) is 8.10. The zero-order valence-electron chi connectivity index (χ0n) is 12.3. The molecule has 0 atom stereocenters. The highest BCUT2D eigenvalue weighted by molar-refractivity contribution is 7.13. The number of hydrogen-bond acceptors (Lipinski definition) is 5. The van der Waals surface area contributed by atoms with E-state index in [0.717, 1.165) is 16.0 Å². The second-order valence-electron chi connectivity index (χ2n) is 5.54. The van der Waals surface area contributed by atoms with Crippen molar-refractivity contribution in [1.82, 2.24) is 15.8 Å². The predicted molar refractivity (Wildman–Crippen MR) is 83.8 cm³/mol. The van der Waals surface area contributed by atoms with Gasteiger partial charge in [-0.25, -0.2) is 10.2 Å². The molecule has 21 heavy (non-hydrogen) atoms. The van der Waals surface area contributed by atoms with Gasteiger partial charge in [-0.05, 0) is 31.9 Å². The van der Waals surface area contributed by atoms with E-state index in [4.69, 9.17) is 4.74 Å². The van der Waals surface area contributed by atoms with Crippen LogP contribution in [0, 0.1) is 0 Å². The van der Waals surface area contributed by atoms with Gasteiger partial charge in [0.1, 0.15) is 5.60 Å². The molecule has 0 spiro atoms. The highest BCUT2D eigenvalue weighted by atomic mass is 32.1. The average molecular weight is 305 g/mol. The minimum atomic E-state index is -0.498. The number of carbonyl (C=O) groups is 1. The maximum atomic E-state index is 11.5. The minimum Gasteiger partial charge on any atom is -0.443 e. The second kappa shape index (κ2) is 6.69. The Bertz CT molecular complexity index is 574. The first-order chi connectivity index (χ1) is 9.94. The Morgan fingerprint density at radius 2 is 2.00 bits per heavy atom. The van der Waals surface area contributed by atoms with Crippen molar-refractivity contribution in [2.75, 3.05) is 0 Å². The zero-order valence-corrected chi connectivity index (χ0v) is 13.2. The van der Waals surface area contributed by atoms with Crippen molar-refractivity contribution in [2.45, 2.75) is 32.9 Å². The molecular weight excluding hydrogens is 286 g/mol. The number of carbonyl (C=O) groups excluding carboxylic acids is 1. The van der Waals surface area contributed by atoms with Crippen molar-refractivity contribution in [2.24, 2.45) is 0 Å². The van der Waals surface area contributed by atoms with Gasteiger partial charge < -0.3 is 4.74 Å². The normalized spacial score (nSPS) is 11.2. The summed E-state index contributed by atoms with van der Waals surface area (Å²) in [5.41, 5.74) is 8.88. The van der Waals surface area contributed by atoms with Crippen molar-refractivity contribution in [3.05, 3.63) is 41.5 Å². The fourth-order valence-corrected chi connectivity index (χ4v) is 2.30. The molecule has 1 heterocycles. The van der Waals surface area contributed by atoms with Gasteiger partial charge in [0.05, 0.1) is 10.4 Å². The molecule has 1 amide bonds. The van der Waals surface area contributed by atoms with Gasteiger partial charge >= 0.3 is 6.09 Å². The van der Waals surface area contributed by atoms with Crippen LogP contribution in [-0.4, -0.2) is 16.7 Å². The Balaban J connectivity index is 1.80. The average Bonchev–Trinajstić information content (AvgIpc) is 2.91. The van der Waals surface area contributed by atoms with Crippen LogP contribution in [0.2, 0.25) is 0 Å². The van der Waals surface area contributed by atoms with Crippen LogP contribution < -0.4 is 10.9 Å². The third-order valence-electron chi connectivity index (χ3n) is 2.55. The van der Waals surface area contributed by atoms with Gasteiger partial charge in [0, 0.05) is 12.7 Å². The van der Waals surface area contributed by atoms with Crippen LogP contribution in [0.25, 0.3) is 10.4 Å². The Labute approximate surface area is 128 Å². The smallest absolute Gasteiger partial charge is 0.422 e. The van der Waals surface area contributed by atoms with Crippen molar-refractivity contribution in [3.63, 3.8) is 0 Å². The Morgan fingerprint density at radius 3 is 2.57 bits per heavy atom. The summed E-state index contributed by atoms with van der Waals surface area (Å²) < 4.78 is 5.13. The number of nitrogens with one attached hydrogen (secondary N) is 2. The molecular formula is C15H19N3O2S. The van der Waals surface area contributed by atoms with Gasteiger partial charge in [0.25, 0.3) is 0 Å². The predicted octanol–water partition coefficient (Wildman–Crippen LogP) is 3.34. The van der Waals surface area contributed by atoms with E-state index in [1.54, 1.807) is 11.3 Å². The minimum absolute atomic E-state index is 0.483. The first-order valence-corrected chi connectivity index (χ1v) is 7.52. The van der Waals surface area contributed by atoms with E-state index < -0.39 is 11.7 Å². The molecule has 0 unspecified atom stereocenters. The van der Waals surface area contributed by atoms with Crippen LogP contribution in [0.5, 0.6) is 0 Å². The number of ether oxygens (including phenoxy) is 1. The number of aromatic nitrogens is 1. The molecule has 0 saturated heterocycles. The van der Waals surface area contributed by atoms with Gasteiger partial charge in [-0.2, -0.15) is 0 Å².